The van der Waals surface area contributed by atoms with E-state index in [0.717, 1.165) is 15.8 Å². The van der Waals surface area contributed by atoms with E-state index in [1.165, 1.54) is 20.9 Å². The molecule has 9 heteroatoms. The Morgan fingerprint density at radius 3 is 2.61 bits per heavy atom. The number of nitrogens with zero attached hydrogens (tertiary/aromatic N) is 3. The minimum Gasteiger partial charge on any atom is -0.478 e. The van der Waals surface area contributed by atoms with E-state index in [9.17, 15) is 13.2 Å². The van der Waals surface area contributed by atoms with Crippen LogP contribution in [-0.4, -0.2) is 36.2 Å². The highest BCUT2D eigenvalue weighted by atomic mass is 32.2. The van der Waals surface area contributed by atoms with Crippen molar-refractivity contribution in [2.24, 2.45) is 0 Å². The molecule has 0 saturated heterocycles. The SMILES string of the molecule is Cc1nsc(N(C)S(=O)(=O)C(C)C#N)c1C(=O)O. The van der Waals surface area contributed by atoms with Crippen LogP contribution in [0, 0.1) is 18.3 Å². The van der Waals surface area contributed by atoms with Crippen LogP contribution in [0.5, 0.6) is 0 Å². The number of aromatic carboxylic acids is 1. The second kappa shape index (κ2) is 4.91. The number of nitriles is 1. The van der Waals surface area contributed by atoms with E-state index in [2.05, 4.69) is 4.37 Å². The van der Waals surface area contributed by atoms with Gasteiger partial charge in [-0.25, -0.2) is 13.2 Å². The molecule has 0 radical (unpaired) electrons. The molecular formula is C9H11N3O4S2. The summed E-state index contributed by atoms with van der Waals surface area (Å²) >= 11 is 0.774. The van der Waals surface area contributed by atoms with Crippen LogP contribution < -0.4 is 4.31 Å². The van der Waals surface area contributed by atoms with Crippen molar-refractivity contribution in [1.82, 2.24) is 4.37 Å². The smallest absolute Gasteiger partial charge is 0.340 e. The number of hydrogen-bond donors (Lipinski definition) is 1. The van der Waals surface area contributed by atoms with Crippen molar-refractivity contribution in [3.63, 3.8) is 0 Å². The van der Waals surface area contributed by atoms with Gasteiger partial charge in [0.1, 0.15) is 10.6 Å². The fourth-order valence-corrected chi connectivity index (χ4v) is 3.34. The summed E-state index contributed by atoms with van der Waals surface area (Å²) in [5.41, 5.74) is 0.0883. The van der Waals surface area contributed by atoms with Gasteiger partial charge in [-0.2, -0.15) is 9.64 Å². The van der Waals surface area contributed by atoms with Crippen LogP contribution in [0.2, 0.25) is 0 Å². The standard InChI is InChI=1S/C9H11N3O4S2/c1-5(4-10)18(15,16)12(3)8-7(9(13)14)6(2)11-17-8/h5H,1-3H3,(H,13,14). The fraction of sp³-hybridized carbons (Fsp3) is 0.444. The zero-order valence-electron chi connectivity index (χ0n) is 9.91. The molecule has 98 valence electrons. The maximum absolute atomic E-state index is 11.9. The molecule has 0 amide bonds. The summed E-state index contributed by atoms with van der Waals surface area (Å²) in [5, 5.41) is 16.4. The second-order valence-corrected chi connectivity index (χ2v) is 6.57. The van der Waals surface area contributed by atoms with Gasteiger partial charge in [0.05, 0.1) is 11.8 Å². The Labute approximate surface area is 108 Å². The molecular weight excluding hydrogens is 278 g/mol. The Bertz CT molecular complexity index is 614. The maximum atomic E-state index is 11.9. The predicted octanol–water partition coefficient (Wildman–Crippen LogP) is 0.828. The highest BCUT2D eigenvalue weighted by Gasteiger charge is 2.31. The third-order valence-corrected chi connectivity index (χ3v) is 5.43. The molecule has 1 heterocycles. The maximum Gasteiger partial charge on any atom is 0.340 e. The number of aromatic nitrogens is 1. The van der Waals surface area contributed by atoms with Crippen LogP contribution in [0.1, 0.15) is 23.0 Å². The topological polar surface area (TPSA) is 111 Å². The second-order valence-electron chi connectivity index (χ2n) is 3.54. The summed E-state index contributed by atoms with van der Waals surface area (Å²) in [6, 6.07) is 1.62. The summed E-state index contributed by atoms with van der Waals surface area (Å²) in [7, 11) is -2.69. The first-order valence-electron chi connectivity index (χ1n) is 4.80. The van der Waals surface area contributed by atoms with E-state index in [1.54, 1.807) is 6.07 Å². The van der Waals surface area contributed by atoms with Gasteiger partial charge in [0, 0.05) is 7.05 Å². The molecule has 1 unspecified atom stereocenters. The lowest BCUT2D eigenvalue weighted by molar-refractivity contribution is 0.0697. The molecule has 0 spiro atoms. The Morgan fingerprint density at radius 2 is 2.17 bits per heavy atom. The lowest BCUT2D eigenvalue weighted by Gasteiger charge is -2.19. The Kier molecular flexibility index (Phi) is 3.93. The van der Waals surface area contributed by atoms with Gasteiger partial charge in [-0.05, 0) is 25.4 Å². The van der Waals surface area contributed by atoms with Crippen molar-refractivity contribution < 1.29 is 18.3 Å². The molecule has 1 aromatic rings. The number of sulfonamides is 1. The van der Waals surface area contributed by atoms with Crippen LogP contribution in [0.25, 0.3) is 0 Å². The molecule has 0 bridgehead atoms. The average molecular weight is 289 g/mol. The van der Waals surface area contributed by atoms with E-state index in [4.69, 9.17) is 10.4 Å². The number of hydrogen-bond acceptors (Lipinski definition) is 6. The molecule has 0 aromatic carbocycles. The first-order chi connectivity index (χ1) is 8.23. The summed E-state index contributed by atoms with van der Waals surface area (Å²) in [6.07, 6.45) is 0. The van der Waals surface area contributed by atoms with Crippen LogP contribution in [0.3, 0.4) is 0 Å². The van der Waals surface area contributed by atoms with Gasteiger partial charge >= 0.3 is 5.97 Å². The van der Waals surface area contributed by atoms with E-state index in [-0.39, 0.29) is 16.3 Å². The number of anilines is 1. The van der Waals surface area contributed by atoms with Crippen molar-refractivity contribution in [3.05, 3.63) is 11.3 Å². The normalized spacial score (nSPS) is 12.8. The van der Waals surface area contributed by atoms with E-state index in [1.807, 2.05) is 0 Å². The average Bonchev–Trinajstić information content (AvgIpc) is 2.68. The van der Waals surface area contributed by atoms with Gasteiger partial charge in [-0.15, -0.1) is 0 Å². The molecule has 7 nitrogen and oxygen atoms in total. The van der Waals surface area contributed by atoms with Gasteiger partial charge in [-0.3, -0.25) is 4.31 Å². The zero-order valence-corrected chi connectivity index (χ0v) is 11.5. The van der Waals surface area contributed by atoms with Gasteiger partial charge in [0.15, 0.2) is 5.25 Å². The molecule has 1 N–H and O–H groups in total. The molecule has 0 saturated carbocycles. The van der Waals surface area contributed by atoms with Gasteiger partial charge < -0.3 is 5.11 Å². The molecule has 1 aromatic heterocycles. The first kappa shape index (κ1) is 14.4. The number of carbonyl (C=O) groups is 1. The van der Waals surface area contributed by atoms with Crippen molar-refractivity contribution in [1.29, 1.82) is 5.26 Å². The molecule has 1 atom stereocenters. The van der Waals surface area contributed by atoms with Crippen LogP contribution in [0.4, 0.5) is 5.00 Å². The monoisotopic (exact) mass is 289 g/mol. The number of rotatable bonds is 4. The molecule has 0 aliphatic rings. The van der Waals surface area contributed by atoms with Crippen LogP contribution >= 0.6 is 11.5 Å². The molecule has 0 aliphatic carbocycles. The lowest BCUT2D eigenvalue weighted by Crippen LogP contribution is -2.34. The minimum absolute atomic E-state index is 0.00194. The van der Waals surface area contributed by atoms with Crippen LogP contribution in [-0.2, 0) is 10.0 Å². The van der Waals surface area contributed by atoms with E-state index < -0.39 is 21.2 Å². The highest BCUT2D eigenvalue weighted by Crippen LogP contribution is 2.30. The number of aryl methyl sites for hydroxylation is 1. The van der Waals surface area contributed by atoms with Crippen molar-refractivity contribution in [2.75, 3.05) is 11.4 Å². The van der Waals surface area contributed by atoms with Gasteiger partial charge in [-0.1, -0.05) is 0 Å². The van der Waals surface area contributed by atoms with E-state index in [0.29, 0.717) is 0 Å². The summed E-state index contributed by atoms with van der Waals surface area (Å²) in [6.45, 7) is 2.72. The Balaban J connectivity index is 3.34. The quantitative estimate of drug-likeness (QED) is 0.878. The number of carboxylic acids is 1. The largest absolute Gasteiger partial charge is 0.478 e. The Hall–Kier alpha value is -1.66. The molecule has 0 fully saturated rings. The lowest BCUT2D eigenvalue weighted by atomic mass is 10.2. The summed E-state index contributed by atoms with van der Waals surface area (Å²) in [4.78, 5) is 11.1. The highest BCUT2D eigenvalue weighted by molar-refractivity contribution is 7.93. The predicted molar refractivity (Wildman–Crippen MR) is 66.2 cm³/mol. The number of carboxylic acid groups (broad SMARTS) is 1. The third-order valence-electron chi connectivity index (χ3n) is 2.35. The first-order valence-corrected chi connectivity index (χ1v) is 7.08. The van der Waals surface area contributed by atoms with Crippen molar-refractivity contribution in [3.8, 4) is 6.07 Å². The third kappa shape index (κ3) is 2.30. The molecule has 1 rings (SSSR count). The fourth-order valence-electron chi connectivity index (χ4n) is 1.24. The minimum atomic E-state index is -3.91. The van der Waals surface area contributed by atoms with Gasteiger partial charge in [0.25, 0.3) is 10.0 Å². The van der Waals surface area contributed by atoms with Crippen LogP contribution in [0.15, 0.2) is 0 Å². The van der Waals surface area contributed by atoms with E-state index >= 15 is 0 Å². The zero-order chi connectivity index (χ0) is 14.1. The summed E-state index contributed by atoms with van der Waals surface area (Å²) in [5.74, 6) is -1.25. The summed E-state index contributed by atoms with van der Waals surface area (Å²) < 4.78 is 28.5. The molecule has 0 aliphatic heterocycles. The Morgan fingerprint density at radius 1 is 1.61 bits per heavy atom. The van der Waals surface area contributed by atoms with Gasteiger partial charge in [0.2, 0.25) is 0 Å². The molecule has 18 heavy (non-hydrogen) atoms. The van der Waals surface area contributed by atoms with Crippen molar-refractivity contribution in [2.45, 2.75) is 19.1 Å². The van der Waals surface area contributed by atoms with Crippen molar-refractivity contribution >= 4 is 32.5 Å².